The molecule has 1 aliphatic heterocycles. The fourth-order valence-electron chi connectivity index (χ4n) is 6.92. The van der Waals surface area contributed by atoms with Gasteiger partial charge < -0.3 is 19.9 Å². The van der Waals surface area contributed by atoms with Crippen molar-refractivity contribution in [1.29, 1.82) is 0 Å². The van der Waals surface area contributed by atoms with Crippen LogP contribution in [0.3, 0.4) is 0 Å². The van der Waals surface area contributed by atoms with Crippen molar-refractivity contribution in [2.75, 3.05) is 13.6 Å². The van der Waals surface area contributed by atoms with Gasteiger partial charge in [0.05, 0.1) is 18.8 Å². The molecule has 276 valence electrons. The number of rotatable bonds is 15. The molecule has 9 heteroatoms. The van der Waals surface area contributed by atoms with Gasteiger partial charge in [-0.1, -0.05) is 109 Å². The third kappa shape index (κ3) is 9.95. The van der Waals surface area contributed by atoms with E-state index in [2.05, 4.69) is 78.8 Å². The molecule has 0 unspecified atom stereocenters. The highest BCUT2D eigenvalue weighted by Crippen LogP contribution is 2.39. The summed E-state index contributed by atoms with van der Waals surface area (Å²) in [5.41, 5.74) is 8.73. The predicted molar refractivity (Wildman–Crippen MR) is 206 cm³/mol. The van der Waals surface area contributed by atoms with Crippen LogP contribution in [0, 0.1) is 0 Å². The first-order valence-corrected chi connectivity index (χ1v) is 18.4. The molecular weight excluding hydrogens is 666 g/mol. The third-order valence-electron chi connectivity index (χ3n) is 10.2. The van der Waals surface area contributed by atoms with E-state index in [-0.39, 0.29) is 37.2 Å². The lowest BCUT2D eigenvalue weighted by molar-refractivity contribution is -0.253. The van der Waals surface area contributed by atoms with Crippen LogP contribution in [0.25, 0.3) is 21.9 Å². The Balaban J connectivity index is 1.15. The maximum Gasteiger partial charge on any atom is 0.243 e. The number of likely N-dealkylation sites (N-methyl/N-ethyl adjacent to an activating group) is 1. The molecule has 0 saturated carbocycles. The Morgan fingerprint density at radius 2 is 1.49 bits per heavy atom. The number of nitrogens with zero attached hydrogens (tertiary/aromatic N) is 1. The van der Waals surface area contributed by atoms with Crippen LogP contribution in [-0.4, -0.2) is 46.7 Å². The molecule has 0 radical (unpaired) electrons. The molecule has 5 aromatic rings. The molecule has 0 aromatic heterocycles. The van der Waals surface area contributed by atoms with Crippen molar-refractivity contribution in [3.05, 3.63) is 143 Å². The lowest BCUT2D eigenvalue weighted by Gasteiger charge is -2.39. The zero-order valence-electron chi connectivity index (χ0n) is 30.4. The van der Waals surface area contributed by atoms with Crippen LogP contribution in [-0.2, 0) is 32.2 Å². The number of carbonyl (C=O) groups excluding carboxylic acids is 2. The number of hydroxylamine groups is 1. The molecule has 1 heterocycles. The second-order valence-electron chi connectivity index (χ2n) is 13.9. The summed E-state index contributed by atoms with van der Waals surface area (Å²) in [6, 6.07) is 39.5. The Kier molecular flexibility index (Phi) is 13.0. The van der Waals surface area contributed by atoms with Crippen LogP contribution in [0.1, 0.15) is 85.3 Å². The molecule has 9 nitrogen and oxygen atoms in total. The summed E-state index contributed by atoms with van der Waals surface area (Å²) in [5.74, 6) is -0.534. The number of nitrogens with one attached hydrogen (secondary N) is 2. The van der Waals surface area contributed by atoms with Crippen LogP contribution in [0.15, 0.2) is 115 Å². The van der Waals surface area contributed by atoms with Gasteiger partial charge in [-0.15, -0.1) is 0 Å². The van der Waals surface area contributed by atoms with E-state index < -0.39 is 12.2 Å². The smallest absolute Gasteiger partial charge is 0.243 e. The fourth-order valence-corrected chi connectivity index (χ4v) is 6.92. The van der Waals surface area contributed by atoms with Gasteiger partial charge in [-0.25, -0.2) is 5.48 Å². The molecule has 2 amide bonds. The molecule has 0 bridgehead atoms. The van der Waals surface area contributed by atoms with Crippen LogP contribution in [0.4, 0.5) is 0 Å². The van der Waals surface area contributed by atoms with Gasteiger partial charge in [-0.3, -0.25) is 19.7 Å². The van der Waals surface area contributed by atoms with E-state index in [9.17, 15) is 14.7 Å². The highest BCUT2D eigenvalue weighted by atomic mass is 16.7. The molecule has 1 fully saturated rings. The number of unbranched alkanes of at least 4 members (excludes halogenated alkanes) is 1. The Labute approximate surface area is 311 Å². The number of hydrogen-bond donors (Lipinski definition) is 4. The summed E-state index contributed by atoms with van der Waals surface area (Å²) in [7, 11) is 2.15. The second-order valence-corrected chi connectivity index (χ2v) is 13.9. The average Bonchev–Trinajstić information content (AvgIpc) is 3.21. The second kappa shape index (κ2) is 18.2. The summed E-state index contributed by atoms with van der Waals surface area (Å²) in [6.45, 7) is 3.32. The lowest BCUT2D eigenvalue weighted by atomic mass is 9.97. The van der Waals surface area contributed by atoms with Gasteiger partial charge in [-0.05, 0) is 77.0 Å². The number of benzene rings is 5. The fraction of sp³-hybridized carbons (Fsp3) is 0.318. The summed E-state index contributed by atoms with van der Waals surface area (Å²) in [4.78, 5) is 26.1. The number of fused-ring (bicyclic) bond motifs is 1. The number of ether oxygens (including phenoxy) is 2. The Morgan fingerprint density at radius 1 is 0.811 bits per heavy atom. The summed E-state index contributed by atoms with van der Waals surface area (Å²) < 4.78 is 13.3. The quantitative estimate of drug-likeness (QED) is 0.0494. The van der Waals surface area contributed by atoms with Gasteiger partial charge in [0.2, 0.25) is 11.8 Å². The number of aliphatic hydroxyl groups excluding tert-OH is 1. The van der Waals surface area contributed by atoms with Crippen molar-refractivity contribution in [3.8, 4) is 11.1 Å². The van der Waals surface area contributed by atoms with E-state index in [1.165, 1.54) is 16.3 Å². The Morgan fingerprint density at radius 3 is 2.23 bits per heavy atom. The molecular formula is C44H49N3O6. The first kappa shape index (κ1) is 37.8. The summed E-state index contributed by atoms with van der Waals surface area (Å²) in [5, 5.41) is 23.7. The minimum Gasteiger partial charge on any atom is -0.392 e. The first-order valence-electron chi connectivity index (χ1n) is 18.4. The normalized spacial score (nSPS) is 17.8. The Bertz CT molecular complexity index is 1970. The molecule has 4 N–H and O–H groups in total. The monoisotopic (exact) mass is 715 g/mol. The van der Waals surface area contributed by atoms with E-state index in [1.54, 1.807) is 5.48 Å². The highest BCUT2D eigenvalue weighted by molar-refractivity contribution is 5.83. The maximum atomic E-state index is 12.5. The Hall–Kier alpha value is -4.90. The van der Waals surface area contributed by atoms with E-state index in [1.807, 2.05) is 60.7 Å². The van der Waals surface area contributed by atoms with Gasteiger partial charge in [0, 0.05) is 44.0 Å². The highest BCUT2D eigenvalue weighted by Gasteiger charge is 2.33. The van der Waals surface area contributed by atoms with Crippen molar-refractivity contribution in [3.63, 3.8) is 0 Å². The molecule has 1 saturated heterocycles. The van der Waals surface area contributed by atoms with E-state index in [4.69, 9.17) is 14.7 Å². The minimum atomic E-state index is -0.576. The molecule has 1 aliphatic rings. The van der Waals surface area contributed by atoms with Gasteiger partial charge in [-0.2, -0.15) is 0 Å². The summed E-state index contributed by atoms with van der Waals surface area (Å²) >= 11 is 0. The standard InChI is InChI=1S/C44H49N3O6/c1-30(36-24-19-32-9-3-4-10-37(32)25-36)47(2)28-39-26-41(34-17-15-31(29-48)16-18-34)53-44(52-39)35-22-20-33(21-23-35)40-12-6-5-11-38(40)27-45-42(49)13-7-8-14-43(50)46-51/h3-6,9-12,15-25,30,39,41,44,48,51H,7-8,13-14,26-29H2,1-2H3,(H,45,49)(H,46,50)/t30-,39-,41+,44+/m1/s1. The molecule has 5 aromatic carbocycles. The maximum absolute atomic E-state index is 12.5. The number of aliphatic hydroxyl groups is 1. The van der Waals surface area contributed by atoms with E-state index >= 15 is 0 Å². The molecule has 53 heavy (non-hydrogen) atoms. The number of hydrogen-bond acceptors (Lipinski definition) is 7. The van der Waals surface area contributed by atoms with Crippen molar-refractivity contribution in [2.45, 2.75) is 76.7 Å². The SMILES string of the molecule is C[C@H](c1ccc2ccccc2c1)N(C)C[C@H]1C[C@@H](c2ccc(CO)cc2)O[C@@H](c2ccc(-c3ccccc3CNC(=O)CCCCC(=O)NO)cc2)O1. The predicted octanol–water partition coefficient (Wildman–Crippen LogP) is 7.92. The van der Waals surface area contributed by atoms with Crippen molar-refractivity contribution in [2.24, 2.45) is 0 Å². The van der Waals surface area contributed by atoms with Gasteiger partial charge >= 0.3 is 0 Å². The van der Waals surface area contributed by atoms with Crippen molar-refractivity contribution >= 4 is 22.6 Å². The number of amides is 2. The van der Waals surface area contributed by atoms with Crippen LogP contribution in [0.2, 0.25) is 0 Å². The zero-order chi connectivity index (χ0) is 37.2. The van der Waals surface area contributed by atoms with Crippen LogP contribution < -0.4 is 10.8 Å². The van der Waals surface area contributed by atoms with Crippen LogP contribution in [0.5, 0.6) is 0 Å². The molecule has 0 spiro atoms. The molecule has 0 aliphatic carbocycles. The molecule has 4 atom stereocenters. The number of carbonyl (C=O) groups is 2. The largest absolute Gasteiger partial charge is 0.392 e. The first-order chi connectivity index (χ1) is 25.8. The van der Waals surface area contributed by atoms with Gasteiger partial charge in [0.25, 0.3) is 0 Å². The zero-order valence-corrected chi connectivity index (χ0v) is 30.4. The van der Waals surface area contributed by atoms with E-state index in [0.717, 1.165) is 33.4 Å². The lowest BCUT2D eigenvalue weighted by Crippen LogP contribution is -2.38. The van der Waals surface area contributed by atoms with E-state index in [0.29, 0.717) is 38.8 Å². The topological polar surface area (TPSA) is 120 Å². The summed E-state index contributed by atoms with van der Waals surface area (Å²) in [6.07, 6.45) is 1.40. The molecule has 6 rings (SSSR count). The third-order valence-corrected chi connectivity index (χ3v) is 10.2. The van der Waals surface area contributed by atoms with Gasteiger partial charge in [0.15, 0.2) is 6.29 Å². The minimum absolute atomic E-state index is 0.00708. The van der Waals surface area contributed by atoms with Crippen LogP contribution >= 0.6 is 0 Å². The van der Waals surface area contributed by atoms with Crippen molar-refractivity contribution < 1.29 is 29.4 Å². The van der Waals surface area contributed by atoms with Crippen molar-refractivity contribution in [1.82, 2.24) is 15.7 Å². The van der Waals surface area contributed by atoms with Gasteiger partial charge in [0.1, 0.15) is 0 Å². The average molecular weight is 716 g/mol.